The van der Waals surface area contributed by atoms with Gasteiger partial charge >= 0.3 is 5.69 Å². The van der Waals surface area contributed by atoms with Crippen molar-refractivity contribution in [3.8, 4) is 0 Å². The van der Waals surface area contributed by atoms with Crippen molar-refractivity contribution in [2.45, 2.75) is 20.4 Å². The lowest BCUT2D eigenvalue weighted by atomic mass is 10.3. The highest BCUT2D eigenvalue weighted by molar-refractivity contribution is 5.59. The Kier molecular flexibility index (Phi) is 4.91. The minimum atomic E-state index is -0.369. The monoisotopic (exact) mass is 283 g/mol. The molecule has 0 atom stereocenters. The Balaban J connectivity index is 1.98. The number of nitrogens with one attached hydrogen (secondary N) is 1. The molecule has 0 bridgehead atoms. The lowest BCUT2D eigenvalue weighted by Gasteiger charge is -2.26. The fraction of sp³-hybridized carbons (Fsp3) is 0.750. The lowest BCUT2D eigenvalue weighted by molar-refractivity contribution is -0.384. The van der Waals surface area contributed by atoms with Crippen LogP contribution in [0.4, 0.5) is 11.5 Å². The molecule has 0 spiro atoms. The van der Waals surface area contributed by atoms with E-state index in [-0.39, 0.29) is 10.6 Å². The van der Waals surface area contributed by atoms with Gasteiger partial charge in [0.2, 0.25) is 5.82 Å². The van der Waals surface area contributed by atoms with Gasteiger partial charge in [-0.05, 0) is 13.8 Å². The van der Waals surface area contributed by atoms with E-state index in [0.717, 1.165) is 32.8 Å². The smallest absolute Gasteiger partial charge is 0.333 e. The Morgan fingerprint density at radius 1 is 1.45 bits per heavy atom. The maximum absolute atomic E-state index is 11.1. The van der Waals surface area contributed by atoms with Crippen LogP contribution in [0.15, 0.2) is 0 Å². The van der Waals surface area contributed by atoms with Gasteiger partial charge in [-0.1, -0.05) is 0 Å². The molecule has 0 amide bonds. The van der Waals surface area contributed by atoms with E-state index in [1.165, 1.54) is 0 Å². The number of rotatable bonds is 6. The maximum Gasteiger partial charge on any atom is 0.333 e. The van der Waals surface area contributed by atoms with Crippen LogP contribution in [0.1, 0.15) is 12.6 Å². The largest absolute Gasteiger partial charge is 0.379 e. The molecule has 0 saturated carbocycles. The van der Waals surface area contributed by atoms with Gasteiger partial charge in [-0.25, -0.2) is 4.68 Å². The van der Waals surface area contributed by atoms with Gasteiger partial charge in [-0.15, -0.1) is 0 Å². The summed E-state index contributed by atoms with van der Waals surface area (Å²) in [6.07, 6.45) is 0. The van der Waals surface area contributed by atoms with E-state index in [2.05, 4.69) is 15.3 Å². The second-order valence-corrected chi connectivity index (χ2v) is 4.74. The first-order valence-electron chi connectivity index (χ1n) is 6.89. The maximum atomic E-state index is 11.1. The number of ether oxygens (including phenoxy) is 1. The van der Waals surface area contributed by atoms with Crippen LogP contribution in [0.5, 0.6) is 0 Å². The highest BCUT2D eigenvalue weighted by Gasteiger charge is 2.24. The molecule has 1 aromatic heterocycles. The van der Waals surface area contributed by atoms with Crippen LogP contribution in [0.25, 0.3) is 0 Å². The summed E-state index contributed by atoms with van der Waals surface area (Å²) in [5.74, 6) is 0.503. The number of nitrogens with zero attached hydrogens (tertiary/aromatic N) is 4. The fourth-order valence-electron chi connectivity index (χ4n) is 2.35. The Hall–Kier alpha value is -1.67. The van der Waals surface area contributed by atoms with E-state index in [9.17, 15) is 10.1 Å². The molecule has 8 heteroatoms. The molecule has 20 heavy (non-hydrogen) atoms. The summed E-state index contributed by atoms with van der Waals surface area (Å²) in [6, 6.07) is 0. The van der Waals surface area contributed by atoms with Crippen molar-refractivity contribution in [1.82, 2.24) is 14.7 Å². The number of anilines is 1. The standard InChI is InChI=1S/C12H21N5O3/c1-3-16-12(11(17(18)19)10(2)14-16)13-4-5-15-6-8-20-9-7-15/h13H,3-9H2,1-2H3. The normalized spacial score (nSPS) is 16.3. The van der Waals surface area contributed by atoms with Crippen LogP contribution in [0, 0.1) is 17.0 Å². The average molecular weight is 283 g/mol. The van der Waals surface area contributed by atoms with Gasteiger partial charge < -0.3 is 10.1 Å². The van der Waals surface area contributed by atoms with Crippen molar-refractivity contribution in [2.24, 2.45) is 0 Å². The fourth-order valence-corrected chi connectivity index (χ4v) is 2.35. The molecule has 0 unspecified atom stereocenters. The molecule has 112 valence electrons. The molecule has 1 N–H and O–H groups in total. The molecule has 1 saturated heterocycles. The van der Waals surface area contributed by atoms with E-state index < -0.39 is 0 Å². The predicted octanol–water partition coefficient (Wildman–Crippen LogP) is 0.864. The lowest BCUT2D eigenvalue weighted by Crippen LogP contribution is -2.39. The van der Waals surface area contributed by atoms with Crippen molar-refractivity contribution in [3.05, 3.63) is 15.8 Å². The zero-order valence-corrected chi connectivity index (χ0v) is 12.0. The zero-order chi connectivity index (χ0) is 14.5. The van der Waals surface area contributed by atoms with Gasteiger partial charge in [-0.2, -0.15) is 5.10 Å². The molecule has 8 nitrogen and oxygen atoms in total. The number of morpholine rings is 1. The summed E-state index contributed by atoms with van der Waals surface area (Å²) in [5.41, 5.74) is 0.527. The molecular weight excluding hydrogens is 262 g/mol. The average Bonchev–Trinajstić information content (AvgIpc) is 2.76. The van der Waals surface area contributed by atoms with Crippen LogP contribution in [-0.2, 0) is 11.3 Å². The minimum absolute atomic E-state index is 0.0776. The van der Waals surface area contributed by atoms with Crippen molar-refractivity contribution in [1.29, 1.82) is 0 Å². The summed E-state index contributed by atoms with van der Waals surface area (Å²) in [4.78, 5) is 13.0. The van der Waals surface area contributed by atoms with Crippen molar-refractivity contribution in [2.75, 3.05) is 44.7 Å². The molecule has 0 aliphatic carbocycles. The molecule has 1 aliphatic heterocycles. The van der Waals surface area contributed by atoms with Gasteiger partial charge in [0.15, 0.2) is 0 Å². The van der Waals surface area contributed by atoms with Crippen molar-refractivity contribution < 1.29 is 9.66 Å². The first-order valence-corrected chi connectivity index (χ1v) is 6.89. The van der Waals surface area contributed by atoms with Crippen LogP contribution >= 0.6 is 0 Å². The van der Waals surface area contributed by atoms with E-state index in [4.69, 9.17) is 4.74 Å². The Morgan fingerprint density at radius 3 is 2.75 bits per heavy atom. The van der Waals surface area contributed by atoms with Crippen LogP contribution in [0.3, 0.4) is 0 Å². The molecular formula is C12H21N5O3. The second-order valence-electron chi connectivity index (χ2n) is 4.74. The van der Waals surface area contributed by atoms with Crippen LogP contribution in [0.2, 0.25) is 0 Å². The summed E-state index contributed by atoms with van der Waals surface area (Å²) < 4.78 is 6.93. The van der Waals surface area contributed by atoms with E-state index in [1.54, 1.807) is 11.6 Å². The number of hydrogen-bond donors (Lipinski definition) is 1. The molecule has 2 heterocycles. The summed E-state index contributed by atoms with van der Waals surface area (Å²) in [5, 5.41) is 18.5. The summed E-state index contributed by atoms with van der Waals surface area (Å²) in [6.45, 7) is 9.03. The Morgan fingerprint density at radius 2 is 2.15 bits per heavy atom. The second kappa shape index (κ2) is 6.67. The van der Waals surface area contributed by atoms with E-state index in [1.807, 2.05) is 6.92 Å². The van der Waals surface area contributed by atoms with Crippen LogP contribution in [-0.4, -0.2) is 59.0 Å². The molecule has 1 aromatic rings. The predicted molar refractivity (Wildman–Crippen MR) is 75.0 cm³/mol. The Bertz CT molecular complexity index is 468. The number of hydrogen-bond acceptors (Lipinski definition) is 6. The quantitative estimate of drug-likeness (QED) is 0.615. The Labute approximate surface area is 117 Å². The van der Waals surface area contributed by atoms with Crippen molar-refractivity contribution in [3.63, 3.8) is 0 Å². The molecule has 1 fully saturated rings. The number of nitro groups is 1. The van der Waals surface area contributed by atoms with Gasteiger partial charge in [-0.3, -0.25) is 15.0 Å². The topological polar surface area (TPSA) is 85.5 Å². The third-order valence-corrected chi connectivity index (χ3v) is 3.40. The first kappa shape index (κ1) is 14.7. The third kappa shape index (κ3) is 3.26. The van der Waals surface area contributed by atoms with Crippen LogP contribution < -0.4 is 5.32 Å². The van der Waals surface area contributed by atoms with Gasteiger partial charge in [0.1, 0.15) is 5.69 Å². The highest BCUT2D eigenvalue weighted by Crippen LogP contribution is 2.27. The highest BCUT2D eigenvalue weighted by atomic mass is 16.6. The molecule has 0 aromatic carbocycles. The first-order chi connectivity index (χ1) is 9.63. The van der Waals surface area contributed by atoms with E-state index in [0.29, 0.717) is 24.6 Å². The third-order valence-electron chi connectivity index (χ3n) is 3.40. The molecule has 2 rings (SSSR count). The van der Waals surface area contributed by atoms with E-state index >= 15 is 0 Å². The van der Waals surface area contributed by atoms with Gasteiger partial charge in [0, 0.05) is 32.7 Å². The summed E-state index contributed by atoms with van der Waals surface area (Å²) in [7, 11) is 0. The molecule has 0 radical (unpaired) electrons. The van der Waals surface area contributed by atoms with Gasteiger partial charge in [0.25, 0.3) is 0 Å². The number of aromatic nitrogens is 2. The number of aryl methyl sites for hydroxylation is 2. The van der Waals surface area contributed by atoms with Gasteiger partial charge in [0.05, 0.1) is 18.1 Å². The SMILES string of the molecule is CCn1nc(C)c([N+](=O)[O-])c1NCCN1CCOCC1. The summed E-state index contributed by atoms with van der Waals surface area (Å²) >= 11 is 0. The molecule has 1 aliphatic rings. The zero-order valence-electron chi connectivity index (χ0n) is 12.0. The van der Waals surface area contributed by atoms with Crippen molar-refractivity contribution >= 4 is 11.5 Å². The minimum Gasteiger partial charge on any atom is -0.379 e.